The topological polar surface area (TPSA) is 26.3 Å². The Morgan fingerprint density at radius 1 is 1.38 bits per heavy atom. The molecule has 0 radical (unpaired) electrons. The van der Waals surface area contributed by atoms with Crippen molar-refractivity contribution in [2.75, 3.05) is 0 Å². The summed E-state index contributed by atoms with van der Waals surface area (Å²) in [4.78, 5) is 11.3. The van der Waals surface area contributed by atoms with Crippen LogP contribution in [-0.4, -0.2) is 5.97 Å². The summed E-state index contributed by atoms with van der Waals surface area (Å²) in [6.07, 6.45) is 1.20. The van der Waals surface area contributed by atoms with Crippen molar-refractivity contribution in [3.63, 3.8) is 0 Å². The highest BCUT2D eigenvalue weighted by atomic mass is 19.1. The number of ether oxygens (including phenoxy) is 1. The lowest BCUT2D eigenvalue weighted by Crippen LogP contribution is -2.06. The Kier molecular flexibility index (Phi) is 4.96. The van der Waals surface area contributed by atoms with Crippen LogP contribution in [0, 0.1) is 11.7 Å². The van der Waals surface area contributed by atoms with Gasteiger partial charge in [-0.25, -0.2) is 4.39 Å². The van der Waals surface area contributed by atoms with Crippen LogP contribution >= 0.6 is 0 Å². The molecule has 0 unspecified atom stereocenters. The van der Waals surface area contributed by atoms with Gasteiger partial charge in [0.25, 0.3) is 0 Å². The number of hydrogen-bond acceptors (Lipinski definition) is 2. The summed E-state index contributed by atoms with van der Waals surface area (Å²) in [5.74, 6) is -0.128. The van der Waals surface area contributed by atoms with E-state index in [-0.39, 0.29) is 18.4 Å². The molecule has 0 aliphatic rings. The summed E-state index contributed by atoms with van der Waals surface area (Å²) in [5, 5.41) is 0. The van der Waals surface area contributed by atoms with Crippen LogP contribution in [0.15, 0.2) is 24.3 Å². The van der Waals surface area contributed by atoms with Gasteiger partial charge < -0.3 is 4.74 Å². The molecule has 1 aromatic carbocycles. The van der Waals surface area contributed by atoms with E-state index in [9.17, 15) is 9.18 Å². The number of hydrogen-bond donors (Lipinski definition) is 0. The van der Waals surface area contributed by atoms with Gasteiger partial charge in [-0.15, -0.1) is 0 Å². The first-order chi connectivity index (χ1) is 7.59. The van der Waals surface area contributed by atoms with Crippen LogP contribution in [0.4, 0.5) is 4.39 Å². The second kappa shape index (κ2) is 6.26. The number of halogens is 1. The van der Waals surface area contributed by atoms with E-state index in [0.29, 0.717) is 17.9 Å². The molecule has 1 aromatic rings. The van der Waals surface area contributed by atoms with Gasteiger partial charge in [-0.3, -0.25) is 4.79 Å². The molecular weight excluding hydrogens is 207 g/mol. The summed E-state index contributed by atoms with van der Waals surface area (Å²) in [6.45, 7) is 4.11. The Labute approximate surface area is 95.4 Å². The number of benzene rings is 1. The van der Waals surface area contributed by atoms with E-state index in [0.717, 1.165) is 6.42 Å². The van der Waals surface area contributed by atoms with Gasteiger partial charge in [0.05, 0.1) is 0 Å². The normalized spacial score (nSPS) is 10.5. The monoisotopic (exact) mass is 224 g/mol. The van der Waals surface area contributed by atoms with Gasteiger partial charge >= 0.3 is 5.97 Å². The van der Waals surface area contributed by atoms with Gasteiger partial charge in [-0.05, 0) is 18.4 Å². The summed E-state index contributed by atoms with van der Waals surface area (Å²) < 4.78 is 18.1. The summed E-state index contributed by atoms with van der Waals surface area (Å²) in [7, 11) is 0. The Bertz CT molecular complexity index is 348. The standard InChI is InChI=1S/C13H17FO2/c1-10(2)7-8-13(15)16-9-11-5-3-4-6-12(11)14/h3-6,10H,7-9H2,1-2H3. The molecule has 88 valence electrons. The lowest BCUT2D eigenvalue weighted by Gasteiger charge is -2.06. The highest BCUT2D eigenvalue weighted by molar-refractivity contribution is 5.69. The molecule has 16 heavy (non-hydrogen) atoms. The molecule has 0 saturated heterocycles. The van der Waals surface area contributed by atoms with Crippen molar-refractivity contribution in [2.45, 2.75) is 33.3 Å². The van der Waals surface area contributed by atoms with Crippen molar-refractivity contribution < 1.29 is 13.9 Å². The Morgan fingerprint density at radius 2 is 2.06 bits per heavy atom. The summed E-state index contributed by atoms with van der Waals surface area (Å²) >= 11 is 0. The summed E-state index contributed by atoms with van der Waals surface area (Å²) in [6, 6.07) is 6.31. The predicted molar refractivity (Wildman–Crippen MR) is 60.3 cm³/mol. The molecule has 0 fully saturated rings. The fraction of sp³-hybridized carbons (Fsp3) is 0.462. The number of carbonyl (C=O) groups excluding carboxylic acids is 1. The molecule has 0 aromatic heterocycles. The Balaban J connectivity index is 2.35. The predicted octanol–water partition coefficient (Wildman–Crippen LogP) is 3.31. The maximum absolute atomic E-state index is 13.2. The van der Waals surface area contributed by atoms with E-state index in [1.165, 1.54) is 6.07 Å². The molecule has 0 bridgehead atoms. The molecule has 0 heterocycles. The van der Waals surface area contributed by atoms with Crippen LogP contribution in [0.3, 0.4) is 0 Å². The fourth-order valence-electron chi connectivity index (χ4n) is 1.25. The largest absolute Gasteiger partial charge is 0.461 e. The van der Waals surface area contributed by atoms with E-state index >= 15 is 0 Å². The lowest BCUT2D eigenvalue weighted by atomic mass is 10.1. The molecule has 3 heteroatoms. The van der Waals surface area contributed by atoms with Crippen LogP contribution in [0.1, 0.15) is 32.3 Å². The third-order valence-electron chi connectivity index (χ3n) is 2.27. The first-order valence-electron chi connectivity index (χ1n) is 5.48. The minimum absolute atomic E-state index is 0.0175. The Hall–Kier alpha value is -1.38. The van der Waals surface area contributed by atoms with Crippen LogP contribution in [-0.2, 0) is 16.1 Å². The van der Waals surface area contributed by atoms with E-state index in [2.05, 4.69) is 0 Å². The average Bonchev–Trinajstić information content (AvgIpc) is 2.25. The molecule has 0 N–H and O–H groups in total. The smallest absolute Gasteiger partial charge is 0.306 e. The van der Waals surface area contributed by atoms with Crippen LogP contribution < -0.4 is 0 Å². The molecule has 0 saturated carbocycles. The third-order valence-corrected chi connectivity index (χ3v) is 2.27. The number of carbonyl (C=O) groups is 1. The quantitative estimate of drug-likeness (QED) is 0.717. The van der Waals surface area contributed by atoms with Crippen molar-refractivity contribution in [1.29, 1.82) is 0 Å². The second-order valence-electron chi connectivity index (χ2n) is 4.18. The van der Waals surface area contributed by atoms with Gasteiger partial charge in [-0.1, -0.05) is 32.0 Å². The second-order valence-corrected chi connectivity index (χ2v) is 4.18. The maximum atomic E-state index is 13.2. The van der Waals surface area contributed by atoms with Crippen molar-refractivity contribution in [3.05, 3.63) is 35.6 Å². The van der Waals surface area contributed by atoms with E-state index in [4.69, 9.17) is 4.74 Å². The van der Waals surface area contributed by atoms with E-state index in [1.807, 2.05) is 13.8 Å². The average molecular weight is 224 g/mol. The minimum atomic E-state index is -0.334. The zero-order valence-electron chi connectivity index (χ0n) is 9.70. The molecule has 2 nitrogen and oxygen atoms in total. The zero-order chi connectivity index (χ0) is 12.0. The number of esters is 1. The molecule has 0 spiro atoms. The molecule has 0 amide bonds. The third kappa shape index (κ3) is 4.43. The first kappa shape index (κ1) is 12.7. The fourth-order valence-corrected chi connectivity index (χ4v) is 1.25. The van der Waals surface area contributed by atoms with Gasteiger partial charge in [0.2, 0.25) is 0 Å². The van der Waals surface area contributed by atoms with Crippen molar-refractivity contribution in [1.82, 2.24) is 0 Å². The minimum Gasteiger partial charge on any atom is -0.461 e. The molecular formula is C13H17FO2. The zero-order valence-corrected chi connectivity index (χ0v) is 9.70. The molecule has 1 rings (SSSR count). The van der Waals surface area contributed by atoms with Gasteiger partial charge in [0, 0.05) is 12.0 Å². The number of rotatable bonds is 5. The van der Waals surface area contributed by atoms with E-state index < -0.39 is 0 Å². The lowest BCUT2D eigenvalue weighted by molar-refractivity contribution is -0.145. The van der Waals surface area contributed by atoms with Crippen LogP contribution in [0.2, 0.25) is 0 Å². The highest BCUT2D eigenvalue weighted by Crippen LogP contribution is 2.09. The van der Waals surface area contributed by atoms with Gasteiger partial charge in [0.1, 0.15) is 12.4 Å². The first-order valence-corrected chi connectivity index (χ1v) is 5.48. The Morgan fingerprint density at radius 3 is 2.69 bits per heavy atom. The van der Waals surface area contributed by atoms with Crippen molar-refractivity contribution in [3.8, 4) is 0 Å². The highest BCUT2D eigenvalue weighted by Gasteiger charge is 2.07. The SMILES string of the molecule is CC(C)CCC(=O)OCc1ccccc1F. The van der Waals surface area contributed by atoms with Gasteiger partial charge in [-0.2, -0.15) is 0 Å². The molecule has 0 aliphatic carbocycles. The maximum Gasteiger partial charge on any atom is 0.306 e. The summed E-state index contributed by atoms with van der Waals surface area (Å²) in [5.41, 5.74) is 0.417. The van der Waals surface area contributed by atoms with Crippen LogP contribution in [0.5, 0.6) is 0 Å². The molecule has 0 atom stereocenters. The van der Waals surface area contributed by atoms with Crippen LogP contribution in [0.25, 0.3) is 0 Å². The van der Waals surface area contributed by atoms with Crippen molar-refractivity contribution in [2.24, 2.45) is 5.92 Å². The van der Waals surface area contributed by atoms with Gasteiger partial charge in [0.15, 0.2) is 0 Å². The molecule has 0 aliphatic heterocycles. The van der Waals surface area contributed by atoms with Crippen molar-refractivity contribution >= 4 is 5.97 Å². The van der Waals surface area contributed by atoms with E-state index in [1.54, 1.807) is 18.2 Å².